The number of ether oxygens (including phenoxy) is 1. The molecule has 2 atom stereocenters. The zero-order valence-corrected chi connectivity index (χ0v) is 13.3. The van der Waals surface area contributed by atoms with Crippen LogP contribution in [0.4, 0.5) is 0 Å². The summed E-state index contributed by atoms with van der Waals surface area (Å²) in [5.74, 6) is 1.82. The van der Waals surface area contributed by atoms with Crippen LogP contribution in [0, 0.1) is 18.8 Å². The number of aryl methyl sites for hydroxylation is 1. The minimum Gasteiger partial charge on any atom is -0.484 e. The minimum absolute atomic E-state index is 0.0158. The van der Waals surface area contributed by atoms with Gasteiger partial charge in [0.25, 0.3) is 5.91 Å². The van der Waals surface area contributed by atoms with Crippen LogP contribution in [0.2, 0.25) is 0 Å². The van der Waals surface area contributed by atoms with Crippen molar-refractivity contribution in [2.75, 3.05) is 6.61 Å². The number of nitrogens with one attached hydrogen (secondary N) is 1. The highest BCUT2D eigenvalue weighted by Crippen LogP contribution is 2.39. The number of carbonyl (C=O) groups is 1. The Bertz CT molecular complexity index is 500. The fourth-order valence-electron chi connectivity index (χ4n) is 4.04. The molecule has 4 nitrogen and oxygen atoms in total. The molecule has 0 spiro atoms. The minimum atomic E-state index is -0.0158. The van der Waals surface area contributed by atoms with E-state index in [1.807, 2.05) is 31.2 Å². The predicted molar refractivity (Wildman–Crippen MR) is 86.6 cm³/mol. The molecule has 0 aliphatic heterocycles. The topological polar surface area (TPSA) is 64.3 Å². The van der Waals surface area contributed by atoms with E-state index in [4.69, 9.17) is 10.5 Å². The summed E-state index contributed by atoms with van der Waals surface area (Å²) in [6, 6.07) is 8.38. The molecule has 1 aromatic rings. The lowest BCUT2D eigenvalue weighted by molar-refractivity contribution is -0.125. The second-order valence-corrected chi connectivity index (χ2v) is 6.88. The van der Waals surface area contributed by atoms with Crippen molar-refractivity contribution >= 4 is 5.91 Å². The van der Waals surface area contributed by atoms with Crippen molar-refractivity contribution in [1.29, 1.82) is 0 Å². The molecule has 2 saturated carbocycles. The van der Waals surface area contributed by atoms with E-state index in [2.05, 4.69) is 5.32 Å². The highest BCUT2D eigenvalue weighted by atomic mass is 16.5. The summed E-state index contributed by atoms with van der Waals surface area (Å²) in [6.45, 7) is 2.12. The van der Waals surface area contributed by atoms with E-state index in [-0.39, 0.29) is 12.5 Å². The maximum Gasteiger partial charge on any atom is 0.258 e. The molecule has 0 aromatic heterocycles. The largest absolute Gasteiger partial charge is 0.484 e. The van der Waals surface area contributed by atoms with Gasteiger partial charge < -0.3 is 15.8 Å². The van der Waals surface area contributed by atoms with Crippen LogP contribution in [-0.2, 0) is 4.79 Å². The smallest absolute Gasteiger partial charge is 0.258 e. The molecule has 1 aromatic carbocycles. The van der Waals surface area contributed by atoms with E-state index in [1.165, 1.54) is 24.8 Å². The monoisotopic (exact) mass is 302 g/mol. The lowest BCUT2D eigenvalue weighted by atomic mass is 9.67. The highest BCUT2D eigenvalue weighted by molar-refractivity contribution is 5.78. The molecule has 22 heavy (non-hydrogen) atoms. The van der Waals surface area contributed by atoms with E-state index in [9.17, 15) is 4.79 Å². The first-order valence-corrected chi connectivity index (χ1v) is 8.36. The summed E-state index contributed by atoms with van der Waals surface area (Å²) in [7, 11) is 0. The van der Waals surface area contributed by atoms with Gasteiger partial charge in [0.2, 0.25) is 0 Å². The fraction of sp³-hybridized carbons (Fsp3) is 0.611. The van der Waals surface area contributed by atoms with Gasteiger partial charge in [-0.15, -0.1) is 0 Å². The summed E-state index contributed by atoms with van der Waals surface area (Å²) < 4.78 is 5.57. The van der Waals surface area contributed by atoms with Gasteiger partial charge in [-0.05, 0) is 56.6 Å². The first kappa shape index (κ1) is 15.3. The van der Waals surface area contributed by atoms with Gasteiger partial charge in [-0.25, -0.2) is 0 Å². The van der Waals surface area contributed by atoms with Gasteiger partial charge in [0.1, 0.15) is 5.75 Å². The van der Waals surface area contributed by atoms with Crippen LogP contribution in [0.25, 0.3) is 0 Å². The van der Waals surface area contributed by atoms with Gasteiger partial charge in [0.15, 0.2) is 6.61 Å². The normalized spacial score (nSPS) is 30.6. The molecule has 0 heterocycles. The number of rotatable bonds is 4. The number of hydrogen-bond acceptors (Lipinski definition) is 3. The van der Waals surface area contributed by atoms with Crippen LogP contribution >= 0.6 is 0 Å². The number of nitrogens with two attached hydrogens (primary N) is 1. The average Bonchev–Trinajstić information content (AvgIpc) is 2.48. The van der Waals surface area contributed by atoms with Crippen molar-refractivity contribution in [3.63, 3.8) is 0 Å². The quantitative estimate of drug-likeness (QED) is 0.897. The number of hydrogen-bond donors (Lipinski definition) is 2. The molecule has 4 heteroatoms. The Balaban J connectivity index is 1.52. The number of benzene rings is 1. The van der Waals surface area contributed by atoms with E-state index < -0.39 is 0 Å². The van der Waals surface area contributed by atoms with Crippen LogP contribution in [0.5, 0.6) is 5.75 Å². The number of amides is 1. The van der Waals surface area contributed by atoms with E-state index in [0.29, 0.717) is 23.9 Å². The third-order valence-corrected chi connectivity index (χ3v) is 5.10. The summed E-state index contributed by atoms with van der Waals surface area (Å²) in [5.41, 5.74) is 7.31. The average molecular weight is 302 g/mol. The van der Waals surface area contributed by atoms with Crippen LogP contribution in [-0.4, -0.2) is 24.6 Å². The maximum absolute atomic E-state index is 12.2. The standard InChI is InChI=1S/C18H26N2O2/c1-12-5-7-16(8-6-12)22-11-17(21)20-18-13-3-2-4-14(18)10-15(19)9-13/h5-8,13-15,18H,2-4,9-11,19H2,1H3,(H,20,21). The van der Waals surface area contributed by atoms with Gasteiger partial charge in [0, 0.05) is 12.1 Å². The third-order valence-electron chi connectivity index (χ3n) is 5.10. The molecule has 3 rings (SSSR count). The van der Waals surface area contributed by atoms with Gasteiger partial charge in [-0.3, -0.25) is 4.79 Å². The Hall–Kier alpha value is -1.55. The molecule has 120 valence electrons. The highest BCUT2D eigenvalue weighted by Gasteiger charge is 2.39. The third kappa shape index (κ3) is 3.61. The summed E-state index contributed by atoms with van der Waals surface area (Å²) in [5, 5.41) is 3.20. The van der Waals surface area contributed by atoms with Crippen LogP contribution < -0.4 is 15.8 Å². The van der Waals surface area contributed by atoms with Gasteiger partial charge >= 0.3 is 0 Å². The fourth-order valence-corrected chi connectivity index (χ4v) is 4.04. The molecule has 1 amide bonds. The number of fused-ring (bicyclic) bond motifs is 2. The first-order chi connectivity index (χ1) is 10.6. The Morgan fingerprint density at radius 2 is 1.86 bits per heavy atom. The van der Waals surface area contributed by atoms with Crippen molar-refractivity contribution in [1.82, 2.24) is 5.32 Å². The lowest BCUT2D eigenvalue weighted by Gasteiger charge is -2.45. The van der Waals surface area contributed by atoms with Crippen LogP contribution in [0.15, 0.2) is 24.3 Å². The molecule has 0 radical (unpaired) electrons. The second-order valence-electron chi connectivity index (χ2n) is 6.88. The second kappa shape index (κ2) is 6.69. The summed E-state index contributed by atoms with van der Waals surface area (Å²) in [4.78, 5) is 12.2. The molecular formula is C18H26N2O2. The molecule has 2 aliphatic rings. The molecule has 0 saturated heterocycles. The van der Waals surface area contributed by atoms with E-state index in [1.54, 1.807) is 0 Å². The molecule has 3 N–H and O–H groups in total. The Kier molecular flexibility index (Phi) is 4.67. The van der Waals surface area contributed by atoms with Crippen molar-refractivity contribution in [2.24, 2.45) is 17.6 Å². The zero-order chi connectivity index (χ0) is 15.5. The Labute approximate surface area is 132 Å². The van der Waals surface area contributed by atoms with Gasteiger partial charge in [0.05, 0.1) is 0 Å². The maximum atomic E-state index is 12.2. The molecular weight excluding hydrogens is 276 g/mol. The van der Waals surface area contributed by atoms with Crippen molar-refractivity contribution in [2.45, 2.75) is 51.1 Å². The van der Waals surface area contributed by atoms with Crippen LogP contribution in [0.3, 0.4) is 0 Å². The van der Waals surface area contributed by atoms with Gasteiger partial charge in [-0.2, -0.15) is 0 Å². The SMILES string of the molecule is Cc1ccc(OCC(=O)NC2C3CCCC2CC(N)C3)cc1. The van der Waals surface area contributed by atoms with Crippen molar-refractivity contribution < 1.29 is 9.53 Å². The van der Waals surface area contributed by atoms with E-state index in [0.717, 1.165) is 18.6 Å². The summed E-state index contributed by atoms with van der Waals surface area (Å²) in [6.07, 6.45) is 5.73. The molecule has 2 unspecified atom stereocenters. The molecule has 2 bridgehead atoms. The summed E-state index contributed by atoms with van der Waals surface area (Å²) >= 11 is 0. The first-order valence-electron chi connectivity index (χ1n) is 8.36. The zero-order valence-electron chi connectivity index (χ0n) is 13.3. The molecule has 2 aliphatic carbocycles. The van der Waals surface area contributed by atoms with Crippen molar-refractivity contribution in [3.8, 4) is 5.75 Å². The van der Waals surface area contributed by atoms with Crippen LogP contribution in [0.1, 0.15) is 37.7 Å². The van der Waals surface area contributed by atoms with E-state index >= 15 is 0 Å². The number of carbonyl (C=O) groups excluding carboxylic acids is 1. The Morgan fingerprint density at radius 1 is 1.23 bits per heavy atom. The van der Waals surface area contributed by atoms with Gasteiger partial charge in [-0.1, -0.05) is 24.1 Å². The Morgan fingerprint density at radius 3 is 2.50 bits per heavy atom. The lowest BCUT2D eigenvalue weighted by Crippen LogP contribution is -2.54. The van der Waals surface area contributed by atoms with Crippen molar-refractivity contribution in [3.05, 3.63) is 29.8 Å². The molecule has 2 fully saturated rings. The predicted octanol–water partition coefficient (Wildman–Crippen LogP) is 2.40.